The predicted octanol–water partition coefficient (Wildman–Crippen LogP) is 4.67. The van der Waals surface area contributed by atoms with Crippen molar-refractivity contribution in [3.8, 4) is 11.5 Å². The molecule has 156 valence electrons. The summed E-state index contributed by atoms with van der Waals surface area (Å²) in [6.07, 6.45) is 1.60. The van der Waals surface area contributed by atoms with Crippen molar-refractivity contribution >= 4 is 44.9 Å². The lowest BCUT2D eigenvalue weighted by Gasteiger charge is -2.24. The molecule has 0 saturated carbocycles. The largest absolute Gasteiger partial charge is 0.497 e. The van der Waals surface area contributed by atoms with E-state index in [0.717, 1.165) is 0 Å². The maximum atomic E-state index is 13.6. The van der Waals surface area contributed by atoms with Crippen LogP contribution in [-0.2, 0) is 0 Å². The first-order chi connectivity index (χ1) is 15.0. The van der Waals surface area contributed by atoms with Gasteiger partial charge in [0.25, 0.3) is 5.91 Å². The molecule has 2 aromatic carbocycles. The zero-order valence-corrected chi connectivity index (χ0v) is 18.0. The zero-order chi connectivity index (χ0) is 21.7. The summed E-state index contributed by atoms with van der Waals surface area (Å²) in [7, 11) is 3.07. The Morgan fingerprint density at radius 1 is 1.13 bits per heavy atom. The van der Waals surface area contributed by atoms with Gasteiger partial charge in [-0.15, -0.1) is 11.3 Å². The number of nitrogens with zero attached hydrogens (tertiary/aromatic N) is 2. The van der Waals surface area contributed by atoms with Crippen LogP contribution in [0.15, 0.2) is 57.2 Å². The molecule has 2 aromatic heterocycles. The fourth-order valence-electron chi connectivity index (χ4n) is 3.82. The van der Waals surface area contributed by atoms with Crippen molar-refractivity contribution in [1.82, 2.24) is 4.98 Å². The average Bonchev–Trinajstić information content (AvgIpc) is 3.40. The molecule has 1 atom stereocenters. The van der Waals surface area contributed by atoms with Crippen LogP contribution >= 0.6 is 22.9 Å². The molecular formula is C22H15ClN2O5S. The minimum absolute atomic E-state index is 0.0232. The first-order valence-corrected chi connectivity index (χ1v) is 10.5. The molecule has 0 saturated heterocycles. The summed E-state index contributed by atoms with van der Waals surface area (Å²) < 4.78 is 16.9. The first-order valence-electron chi connectivity index (χ1n) is 9.24. The molecule has 3 heterocycles. The fourth-order valence-corrected chi connectivity index (χ4v) is 4.66. The number of methoxy groups -OCH3 is 2. The third kappa shape index (κ3) is 2.98. The molecule has 5 rings (SSSR count). The van der Waals surface area contributed by atoms with Crippen molar-refractivity contribution in [3.63, 3.8) is 0 Å². The Hall–Kier alpha value is -3.36. The first kappa shape index (κ1) is 19.6. The second-order valence-corrected chi connectivity index (χ2v) is 8.12. The molecule has 0 bridgehead atoms. The van der Waals surface area contributed by atoms with Gasteiger partial charge in [0, 0.05) is 22.2 Å². The van der Waals surface area contributed by atoms with Crippen LogP contribution < -0.4 is 19.8 Å². The van der Waals surface area contributed by atoms with Gasteiger partial charge in [0.05, 0.1) is 25.2 Å². The Morgan fingerprint density at radius 2 is 1.97 bits per heavy atom. The number of anilines is 1. The monoisotopic (exact) mass is 454 g/mol. The second-order valence-electron chi connectivity index (χ2n) is 6.81. The van der Waals surface area contributed by atoms with Crippen LogP contribution in [0.1, 0.15) is 27.7 Å². The van der Waals surface area contributed by atoms with Gasteiger partial charge in [-0.25, -0.2) is 4.98 Å². The van der Waals surface area contributed by atoms with Crippen LogP contribution in [0.3, 0.4) is 0 Å². The van der Waals surface area contributed by atoms with Crippen molar-refractivity contribution < 1.29 is 18.7 Å². The van der Waals surface area contributed by atoms with Crippen molar-refractivity contribution in [3.05, 3.63) is 80.1 Å². The number of ether oxygens (including phenoxy) is 2. The molecule has 9 heteroatoms. The van der Waals surface area contributed by atoms with Gasteiger partial charge in [0.15, 0.2) is 10.6 Å². The summed E-state index contributed by atoms with van der Waals surface area (Å²) in [5, 5.41) is 2.90. The standard InChI is InChI=1S/C22H15ClN2O5S/c1-28-12-4-6-15(29-2)13(10-12)18-17-19(26)14-9-11(23)3-5-16(14)30-20(17)21(27)25(18)22-24-7-8-31-22/h3-10,18H,1-2H3. The number of halogens is 1. The molecule has 1 unspecified atom stereocenters. The molecule has 0 fully saturated rings. The highest BCUT2D eigenvalue weighted by Gasteiger charge is 2.46. The summed E-state index contributed by atoms with van der Waals surface area (Å²) >= 11 is 7.40. The van der Waals surface area contributed by atoms with Gasteiger partial charge in [-0.2, -0.15) is 0 Å². The Labute approximate surface area is 185 Å². The van der Waals surface area contributed by atoms with Gasteiger partial charge >= 0.3 is 0 Å². The van der Waals surface area contributed by atoms with Gasteiger partial charge in [0.1, 0.15) is 23.1 Å². The summed E-state index contributed by atoms with van der Waals surface area (Å²) in [6, 6.07) is 9.15. The lowest BCUT2D eigenvalue weighted by molar-refractivity contribution is 0.0970. The van der Waals surface area contributed by atoms with Crippen LogP contribution in [0.2, 0.25) is 5.02 Å². The Morgan fingerprint density at radius 3 is 2.68 bits per heavy atom. The van der Waals surface area contributed by atoms with Crippen molar-refractivity contribution in [2.24, 2.45) is 0 Å². The minimum atomic E-state index is -0.807. The van der Waals surface area contributed by atoms with E-state index in [9.17, 15) is 9.59 Å². The van der Waals surface area contributed by atoms with Gasteiger partial charge in [-0.3, -0.25) is 14.5 Å². The highest BCUT2D eigenvalue weighted by molar-refractivity contribution is 7.13. The summed E-state index contributed by atoms with van der Waals surface area (Å²) in [5.74, 6) is 0.585. The van der Waals surface area contributed by atoms with E-state index in [1.807, 2.05) is 0 Å². The molecule has 1 aliphatic rings. The molecule has 0 aliphatic carbocycles. The van der Waals surface area contributed by atoms with E-state index in [2.05, 4.69) is 4.98 Å². The summed E-state index contributed by atoms with van der Waals surface area (Å²) in [6.45, 7) is 0. The highest BCUT2D eigenvalue weighted by Crippen LogP contribution is 2.45. The number of carbonyl (C=O) groups excluding carboxylic acids is 1. The number of rotatable bonds is 4. The van der Waals surface area contributed by atoms with E-state index in [0.29, 0.717) is 38.2 Å². The number of aromatic nitrogens is 1. The number of hydrogen-bond acceptors (Lipinski definition) is 7. The lowest BCUT2D eigenvalue weighted by atomic mass is 9.97. The number of carbonyl (C=O) groups is 1. The smallest absolute Gasteiger partial charge is 0.297 e. The van der Waals surface area contributed by atoms with Crippen LogP contribution in [-0.4, -0.2) is 25.1 Å². The Balaban J connectivity index is 1.86. The van der Waals surface area contributed by atoms with E-state index < -0.39 is 11.9 Å². The molecule has 4 aromatic rings. The van der Waals surface area contributed by atoms with Crippen molar-refractivity contribution in [1.29, 1.82) is 0 Å². The molecule has 0 N–H and O–H groups in total. The van der Waals surface area contributed by atoms with Crippen LogP contribution in [0.4, 0.5) is 5.13 Å². The van der Waals surface area contributed by atoms with Gasteiger partial charge < -0.3 is 13.9 Å². The molecule has 7 nitrogen and oxygen atoms in total. The third-order valence-corrected chi connectivity index (χ3v) is 6.19. The van der Waals surface area contributed by atoms with Crippen LogP contribution in [0.5, 0.6) is 11.5 Å². The fraction of sp³-hybridized carbons (Fsp3) is 0.136. The van der Waals surface area contributed by atoms with E-state index in [-0.39, 0.29) is 16.8 Å². The summed E-state index contributed by atoms with van der Waals surface area (Å²) in [5.41, 5.74) is 0.749. The second kappa shape index (κ2) is 7.40. The zero-order valence-electron chi connectivity index (χ0n) is 16.4. The van der Waals surface area contributed by atoms with Crippen LogP contribution in [0.25, 0.3) is 11.0 Å². The number of fused-ring (bicyclic) bond motifs is 2. The predicted molar refractivity (Wildman–Crippen MR) is 118 cm³/mol. The van der Waals surface area contributed by atoms with Gasteiger partial charge in [-0.1, -0.05) is 11.6 Å². The van der Waals surface area contributed by atoms with Crippen molar-refractivity contribution in [2.45, 2.75) is 6.04 Å². The maximum absolute atomic E-state index is 13.6. The van der Waals surface area contributed by atoms with E-state index >= 15 is 0 Å². The highest BCUT2D eigenvalue weighted by atomic mass is 35.5. The Bertz CT molecular complexity index is 1380. The summed E-state index contributed by atoms with van der Waals surface area (Å²) in [4.78, 5) is 32.8. The normalized spacial score (nSPS) is 15.4. The number of hydrogen-bond donors (Lipinski definition) is 0. The lowest BCUT2D eigenvalue weighted by Crippen LogP contribution is -2.29. The molecule has 31 heavy (non-hydrogen) atoms. The third-order valence-electron chi connectivity index (χ3n) is 5.19. The Kier molecular flexibility index (Phi) is 4.68. The van der Waals surface area contributed by atoms with E-state index in [4.69, 9.17) is 25.5 Å². The van der Waals surface area contributed by atoms with E-state index in [1.165, 1.54) is 23.3 Å². The number of amides is 1. The van der Waals surface area contributed by atoms with Crippen molar-refractivity contribution in [2.75, 3.05) is 19.1 Å². The maximum Gasteiger partial charge on any atom is 0.297 e. The number of thiazole rings is 1. The topological polar surface area (TPSA) is 81.9 Å². The molecule has 0 radical (unpaired) electrons. The number of benzene rings is 2. The quantitative estimate of drug-likeness (QED) is 0.445. The SMILES string of the molecule is COc1ccc(OC)c(C2c3c(oc4ccc(Cl)cc4c3=O)C(=O)N2c2nccs2)c1. The molecule has 0 spiro atoms. The molecule has 1 aliphatic heterocycles. The van der Waals surface area contributed by atoms with Crippen LogP contribution in [0, 0.1) is 0 Å². The average molecular weight is 455 g/mol. The minimum Gasteiger partial charge on any atom is -0.497 e. The van der Waals surface area contributed by atoms with Gasteiger partial charge in [0.2, 0.25) is 5.76 Å². The molecule has 1 amide bonds. The van der Waals surface area contributed by atoms with Gasteiger partial charge in [-0.05, 0) is 36.4 Å². The molecular weight excluding hydrogens is 440 g/mol. The van der Waals surface area contributed by atoms with E-state index in [1.54, 1.807) is 55.1 Å².